The van der Waals surface area contributed by atoms with E-state index in [9.17, 15) is 0 Å². The molecule has 0 aromatic carbocycles. The highest BCUT2D eigenvalue weighted by atomic mass is 15.1. The predicted molar refractivity (Wildman–Crippen MR) is 68.1 cm³/mol. The lowest BCUT2D eigenvalue weighted by Crippen LogP contribution is -2.22. The van der Waals surface area contributed by atoms with Gasteiger partial charge in [-0.25, -0.2) is 0 Å². The van der Waals surface area contributed by atoms with Gasteiger partial charge in [-0.2, -0.15) is 0 Å². The molecule has 15 heavy (non-hydrogen) atoms. The van der Waals surface area contributed by atoms with Crippen molar-refractivity contribution in [2.45, 2.75) is 46.0 Å². The van der Waals surface area contributed by atoms with Gasteiger partial charge < -0.3 is 4.90 Å². The highest BCUT2D eigenvalue weighted by molar-refractivity contribution is 5.00. The molecular formula is C14H27N. The molecular weight excluding hydrogens is 182 g/mol. The largest absolute Gasteiger partial charge is 0.305 e. The number of hydrogen-bond donors (Lipinski definition) is 0. The van der Waals surface area contributed by atoms with Crippen LogP contribution in [0.2, 0.25) is 0 Å². The van der Waals surface area contributed by atoms with E-state index < -0.39 is 0 Å². The Morgan fingerprint density at radius 1 is 1.40 bits per heavy atom. The fraction of sp³-hybridized carbons (Fsp3) is 0.857. The van der Waals surface area contributed by atoms with Gasteiger partial charge in [0.1, 0.15) is 0 Å². The van der Waals surface area contributed by atoms with Gasteiger partial charge in [0.25, 0.3) is 0 Å². The van der Waals surface area contributed by atoms with Gasteiger partial charge in [0.15, 0.2) is 0 Å². The molecule has 1 saturated heterocycles. The van der Waals surface area contributed by atoms with Crippen molar-refractivity contribution in [3.63, 3.8) is 0 Å². The fourth-order valence-electron chi connectivity index (χ4n) is 2.61. The van der Waals surface area contributed by atoms with E-state index in [1.54, 1.807) is 0 Å². The maximum Gasteiger partial charge on any atom is 0.00700 e. The van der Waals surface area contributed by atoms with Crippen molar-refractivity contribution in [2.75, 3.05) is 20.1 Å². The first-order chi connectivity index (χ1) is 7.08. The molecule has 0 aliphatic carbocycles. The van der Waals surface area contributed by atoms with Crippen molar-refractivity contribution in [1.82, 2.24) is 4.90 Å². The molecule has 1 atom stereocenters. The summed E-state index contributed by atoms with van der Waals surface area (Å²) >= 11 is 0. The van der Waals surface area contributed by atoms with Crippen LogP contribution in [0.5, 0.6) is 0 Å². The van der Waals surface area contributed by atoms with Gasteiger partial charge in [-0.15, -0.1) is 6.58 Å². The number of rotatable bonds is 6. The number of hydrogen-bond acceptors (Lipinski definition) is 1. The van der Waals surface area contributed by atoms with Gasteiger partial charge in [0.05, 0.1) is 0 Å². The molecule has 0 saturated carbocycles. The van der Waals surface area contributed by atoms with Crippen LogP contribution in [0, 0.1) is 11.3 Å². The normalized spacial score (nSPS) is 27.5. The molecule has 0 spiro atoms. The highest BCUT2D eigenvalue weighted by Crippen LogP contribution is 2.36. The van der Waals surface area contributed by atoms with Crippen LogP contribution in [0.25, 0.3) is 0 Å². The molecule has 0 amide bonds. The first-order valence-electron chi connectivity index (χ1n) is 6.40. The molecule has 1 unspecified atom stereocenters. The van der Waals surface area contributed by atoms with Crippen LogP contribution in [0.1, 0.15) is 46.0 Å². The first kappa shape index (κ1) is 12.8. The van der Waals surface area contributed by atoms with Gasteiger partial charge in [-0.05, 0) is 32.4 Å². The molecule has 1 heterocycles. The van der Waals surface area contributed by atoms with Gasteiger partial charge in [0, 0.05) is 12.0 Å². The van der Waals surface area contributed by atoms with Crippen LogP contribution in [0.15, 0.2) is 12.7 Å². The van der Waals surface area contributed by atoms with E-state index in [2.05, 4.69) is 38.5 Å². The average molecular weight is 209 g/mol. The van der Waals surface area contributed by atoms with Gasteiger partial charge >= 0.3 is 0 Å². The van der Waals surface area contributed by atoms with E-state index in [1.807, 2.05) is 0 Å². The maximum atomic E-state index is 4.04. The maximum absolute atomic E-state index is 4.04. The lowest BCUT2D eigenvalue weighted by molar-refractivity contribution is 0.315. The molecule has 1 aliphatic heterocycles. The Labute approximate surface area is 95.5 Å². The van der Waals surface area contributed by atoms with E-state index in [1.165, 1.54) is 45.2 Å². The number of likely N-dealkylation sites (tertiary alicyclic amines) is 1. The quantitative estimate of drug-likeness (QED) is 0.476. The van der Waals surface area contributed by atoms with E-state index in [0.29, 0.717) is 5.41 Å². The second kappa shape index (κ2) is 5.69. The molecule has 1 heteroatoms. The zero-order chi connectivity index (χ0) is 11.3. The minimum atomic E-state index is 0.436. The SMILES string of the molecule is C=CC1(CCCCC(C)C)CCN(C)C1. The molecule has 0 bridgehead atoms. The second-order valence-corrected chi connectivity index (χ2v) is 5.69. The predicted octanol–water partition coefficient (Wildman–Crippen LogP) is 3.71. The summed E-state index contributed by atoms with van der Waals surface area (Å²) in [6, 6.07) is 0. The van der Waals surface area contributed by atoms with E-state index in [4.69, 9.17) is 0 Å². The lowest BCUT2D eigenvalue weighted by Gasteiger charge is -2.25. The Kier molecular flexibility index (Phi) is 4.85. The number of unbranched alkanes of at least 4 members (excludes halogenated alkanes) is 1. The first-order valence-corrected chi connectivity index (χ1v) is 6.40. The van der Waals surface area contributed by atoms with Gasteiger partial charge in [-0.1, -0.05) is 39.2 Å². The molecule has 0 aromatic rings. The molecule has 0 radical (unpaired) electrons. The molecule has 0 N–H and O–H groups in total. The summed E-state index contributed by atoms with van der Waals surface area (Å²) in [6.07, 6.45) is 9.01. The average Bonchev–Trinajstić information content (AvgIpc) is 2.56. The van der Waals surface area contributed by atoms with Crippen LogP contribution in [-0.2, 0) is 0 Å². The van der Waals surface area contributed by atoms with Crippen LogP contribution < -0.4 is 0 Å². The monoisotopic (exact) mass is 209 g/mol. The van der Waals surface area contributed by atoms with Crippen LogP contribution >= 0.6 is 0 Å². The molecule has 88 valence electrons. The highest BCUT2D eigenvalue weighted by Gasteiger charge is 2.32. The number of nitrogens with zero attached hydrogens (tertiary/aromatic N) is 1. The Morgan fingerprint density at radius 2 is 2.13 bits per heavy atom. The summed E-state index contributed by atoms with van der Waals surface area (Å²) in [7, 11) is 2.22. The summed E-state index contributed by atoms with van der Waals surface area (Å²) in [4.78, 5) is 2.43. The zero-order valence-electron chi connectivity index (χ0n) is 10.8. The van der Waals surface area contributed by atoms with E-state index >= 15 is 0 Å². The van der Waals surface area contributed by atoms with Gasteiger partial charge in [0.2, 0.25) is 0 Å². The van der Waals surface area contributed by atoms with Crippen LogP contribution in [0.3, 0.4) is 0 Å². The zero-order valence-corrected chi connectivity index (χ0v) is 10.8. The van der Waals surface area contributed by atoms with Crippen molar-refractivity contribution in [1.29, 1.82) is 0 Å². The Hall–Kier alpha value is -0.300. The summed E-state index contributed by atoms with van der Waals surface area (Å²) in [5.41, 5.74) is 0.436. The minimum Gasteiger partial charge on any atom is -0.305 e. The standard InChI is InChI=1S/C14H27N/c1-5-14(10-11-15(4)12-14)9-7-6-8-13(2)3/h5,13H,1,6-12H2,2-4H3. The summed E-state index contributed by atoms with van der Waals surface area (Å²) < 4.78 is 0. The molecule has 1 nitrogen and oxygen atoms in total. The van der Waals surface area contributed by atoms with Crippen molar-refractivity contribution < 1.29 is 0 Å². The molecule has 1 aliphatic rings. The van der Waals surface area contributed by atoms with Crippen molar-refractivity contribution in [2.24, 2.45) is 11.3 Å². The third kappa shape index (κ3) is 3.98. The Bertz CT molecular complexity index is 198. The summed E-state index contributed by atoms with van der Waals surface area (Å²) in [5, 5.41) is 0. The topological polar surface area (TPSA) is 3.24 Å². The van der Waals surface area contributed by atoms with E-state index in [0.717, 1.165) is 5.92 Å². The van der Waals surface area contributed by atoms with Crippen molar-refractivity contribution in [3.8, 4) is 0 Å². The van der Waals surface area contributed by atoms with Crippen molar-refractivity contribution >= 4 is 0 Å². The van der Waals surface area contributed by atoms with Crippen LogP contribution in [-0.4, -0.2) is 25.0 Å². The van der Waals surface area contributed by atoms with E-state index in [-0.39, 0.29) is 0 Å². The van der Waals surface area contributed by atoms with Crippen LogP contribution in [0.4, 0.5) is 0 Å². The third-order valence-corrected chi connectivity index (χ3v) is 3.72. The minimum absolute atomic E-state index is 0.436. The smallest absolute Gasteiger partial charge is 0.00700 e. The summed E-state index contributed by atoms with van der Waals surface area (Å²) in [5.74, 6) is 0.857. The Morgan fingerprint density at radius 3 is 2.60 bits per heavy atom. The third-order valence-electron chi connectivity index (χ3n) is 3.72. The Balaban J connectivity index is 2.25. The summed E-state index contributed by atoms with van der Waals surface area (Å²) in [6.45, 7) is 11.1. The fourth-order valence-corrected chi connectivity index (χ4v) is 2.61. The second-order valence-electron chi connectivity index (χ2n) is 5.69. The molecule has 0 aromatic heterocycles. The molecule has 1 fully saturated rings. The van der Waals surface area contributed by atoms with Gasteiger partial charge in [-0.3, -0.25) is 0 Å². The lowest BCUT2D eigenvalue weighted by atomic mass is 9.81. The van der Waals surface area contributed by atoms with Crippen molar-refractivity contribution in [3.05, 3.63) is 12.7 Å². The molecule has 1 rings (SSSR count).